The van der Waals surface area contributed by atoms with Crippen LogP contribution in [0.2, 0.25) is 0 Å². The van der Waals surface area contributed by atoms with Crippen molar-refractivity contribution in [3.05, 3.63) is 0 Å². The maximum atomic E-state index is 12.1. The summed E-state index contributed by atoms with van der Waals surface area (Å²) in [5.41, 5.74) is 5.01. The molecule has 1 unspecified atom stereocenters. The first-order valence-corrected chi connectivity index (χ1v) is 6.63. The first kappa shape index (κ1) is 15.0. The van der Waals surface area contributed by atoms with Crippen LogP contribution < -0.4 is 5.73 Å². The molecule has 104 valence electrons. The van der Waals surface area contributed by atoms with Crippen molar-refractivity contribution in [2.45, 2.75) is 46.1 Å². The number of carboxylic acids is 1. The molecule has 1 fully saturated rings. The van der Waals surface area contributed by atoms with E-state index in [-0.39, 0.29) is 18.4 Å². The molecular formula is C13H24N2O3. The zero-order chi connectivity index (χ0) is 13.9. The molecule has 1 aliphatic rings. The van der Waals surface area contributed by atoms with E-state index in [0.29, 0.717) is 19.4 Å². The summed E-state index contributed by atoms with van der Waals surface area (Å²) < 4.78 is 0. The number of amides is 1. The molecule has 1 amide bonds. The topological polar surface area (TPSA) is 83.6 Å². The van der Waals surface area contributed by atoms with E-state index in [1.54, 1.807) is 4.90 Å². The molecule has 18 heavy (non-hydrogen) atoms. The molecule has 1 aliphatic heterocycles. The summed E-state index contributed by atoms with van der Waals surface area (Å²) in [6.07, 6.45) is 2.02. The smallest absolute Gasteiger partial charge is 0.311 e. The van der Waals surface area contributed by atoms with Crippen LogP contribution in [0.3, 0.4) is 0 Å². The Balaban J connectivity index is 2.75. The van der Waals surface area contributed by atoms with Crippen molar-refractivity contribution in [1.82, 2.24) is 4.90 Å². The molecule has 2 atom stereocenters. The lowest BCUT2D eigenvalue weighted by atomic mass is 9.76. The van der Waals surface area contributed by atoms with Gasteiger partial charge in [0.25, 0.3) is 0 Å². The van der Waals surface area contributed by atoms with Gasteiger partial charge in [0.2, 0.25) is 5.91 Å². The number of hydrogen-bond acceptors (Lipinski definition) is 3. The molecule has 5 nitrogen and oxygen atoms in total. The first-order chi connectivity index (χ1) is 8.35. The third-order valence-electron chi connectivity index (χ3n) is 4.06. The molecule has 1 saturated heterocycles. The molecule has 0 bridgehead atoms. The molecule has 1 heterocycles. The lowest BCUT2D eigenvalue weighted by Crippen LogP contribution is -2.45. The average molecular weight is 256 g/mol. The molecule has 0 aromatic carbocycles. The summed E-state index contributed by atoms with van der Waals surface area (Å²) in [5, 5.41) is 9.41. The summed E-state index contributed by atoms with van der Waals surface area (Å²) in [4.78, 5) is 25.2. The number of hydrogen-bond donors (Lipinski definition) is 2. The Morgan fingerprint density at radius 2 is 2.06 bits per heavy atom. The Kier molecular flexibility index (Phi) is 4.73. The number of aliphatic carboxylic acids is 1. The van der Waals surface area contributed by atoms with Gasteiger partial charge in [0, 0.05) is 13.1 Å². The largest absolute Gasteiger partial charge is 0.481 e. The van der Waals surface area contributed by atoms with Crippen molar-refractivity contribution in [3.8, 4) is 0 Å². The number of nitrogens with two attached hydrogens (primary N) is 1. The number of carbonyl (C=O) groups is 2. The zero-order valence-corrected chi connectivity index (χ0v) is 11.5. The highest BCUT2D eigenvalue weighted by atomic mass is 16.4. The van der Waals surface area contributed by atoms with Crippen LogP contribution in [0.25, 0.3) is 0 Å². The van der Waals surface area contributed by atoms with Gasteiger partial charge >= 0.3 is 5.97 Å². The lowest BCUT2D eigenvalue weighted by molar-refractivity contribution is -0.151. The van der Waals surface area contributed by atoms with E-state index in [2.05, 4.69) is 0 Å². The minimum atomic E-state index is -0.808. The Morgan fingerprint density at radius 1 is 1.44 bits per heavy atom. The summed E-state index contributed by atoms with van der Waals surface area (Å²) in [7, 11) is 0. The summed E-state index contributed by atoms with van der Waals surface area (Å²) >= 11 is 0. The molecule has 0 aromatic rings. The van der Waals surface area contributed by atoms with Gasteiger partial charge in [-0.1, -0.05) is 27.2 Å². The highest BCUT2D eigenvalue weighted by molar-refractivity contribution is 5.84. The molecule has 0 aliphatic carbocycles. The van der Waals surface area contributed by atoms with Crippen molar-refractivity contribution >= 4 is 11.9 Å². The quantitative estimate of drug-likeness (QED) is 0.770. The fraction of sp³-hybridized carbons (Fsp3) is 0.846. The van der Waals surface area contributed by atoms with Crippen LogP contribution in [0.15, 0.2) is 0 Å². The van der Waals surface area contributed by atoms with Crippen LogP contribution in [-0.4, -0.2) is 41.0 Å². The molecule has 0 aromatic heterocycles. The van der Waals surface area contributed by atoms with Gasteiger partial charge in [0.1, 0.15) is 0 Å². The Bertz CT molecular complexity index is 330. The van der Waals surface area contributed by atoms with Crippen molar-refractivity contribution in [2.75, 3.05) is 13.1 Å². The summed E-state index contributed by atoms with van der Waals surface area (Å²) in [5.74, 6) is -0.910. The van der Waals surface area contributed by atoms with E-state index >= 15 is 0 Å². The van der Waals surface area contributed by atoms with Gasteiger partial charge in [-0.25, -0.2) is 0 Å². The number of rotatable bonds is 5. The van der Waals surface area contributed by atoms with Gasteiger partial charge in [-0.3, -0.25) is 9.59 Å². The standard InChI is InChI=1S/C13H24N2O3/c1-4-5-10(14)11(16)15-7-6-13(8-15,9(2)3)12(17)18/h9-10H,4-8,14H2,1-3H3,(H,17,18)/t10-,13?/m0/s1. The van der Waals surface area contributed by atoms with Crippen molar-refractivity contribution < 1.29 is 14.7 Å². The molecule has 0 saturated carbocycles. The fourth-order valence-corrected chi connectivity index (χ4v) is 2.58. The normalized spacial score (nSPS) is 25.5. The number of carbonyl (C=O) groups excluding carboxylic acids is 1. The van der Waals surface area contributed by atoms with Gasteiger partial charge < -0.3 is 15.7 Å². The van der Waals surface area contributed by atoms with Crippen LogP contribution in [0.4, 0.5) is 0 Å². The summed E-state index contributed by atoms with van der Waals surface area (Å²) in [6, 6.07) is -0.494. The fourth-order valence-electron chi connectivity index (χ4n) is 2.58. The van der Waals surface area contributed by atoms with Crippen LogP contribution in [0.5, 0.6) is 0 Å². The van der Waals surface area contributed by atoms with Crippen LogP contribution in [0, 0.1) is 11.3 Å². The Labute approximate surface area is 108 Å². The maximum Gasteiger partial charge on any atom is 0.311 e. The predicted octanol–water partition coefficient (Wildman–Crippen LogP) is 1.07. The molecule has 3 N–H and O–H groups in total. The SMILES string of the molecule is CCC[C@H](N)C(=O)N1CCC(C(=O)O)(C(C)C)C1. The van der Waals surface area contributed by atoms with Gasteiger partial charge in [0.05, 0.1) is 11.5 Å². The van der Waals surface area contributed by atoms with E-state index < -0.39 is 17.4 Å². The Hall–Kier alpha value is -1.10. The van der Waals surface area contributed by atoms with Crippen molar-refractivity contribution in [3.63, 3.8) is 0 Å². The second-order valence-electron chi connectivity index (χ2n) is 5.52. The molecule has 0 spiro atoms. The average Bonchev–Trinajstić information content (AvgIpc) is 2.74. The van der Waals surface area contributed by atoms with Crippen LogP contribution >= 0.6 is 0 Å². The Morgan fingerprint density at radius 3 is 2.44 bits per heavy atom. The van der Waals surface area contributed by atoms with Crippen LogP contribution in [-0.2, 0) is 9.59 Å². The van der Waals surface area contributed by atoms with Gasteiger partial charge in [-0.15, -0.1) is 0 Å². The zero-order valence-electron chi connectivity index (χ0n) is 11.5. The third kappa shape index (κ3) is 2.66. The molecule has 0 radical (unpaired) electrons. The van der Waals surface area contributed by atoms with Gasteiger partial charge in [0.15, 0.2) is 0 Å². The third-order valence-corrected chi connectivity index (χ3v) is 4.06. The lowest BCUT2D eigenvalue weighted by Gasteiger charge is -2.29. The van der Waals surface area contributed by atoms with E-state index in [1.807, 2.05) is 20.8 Å². The minimum Gasteiger partial charge on any atom is -0.481 e. The summed E-state index contributed by atoms with van der Waals surface area (Å²) in [6.45, 7) is 6.56. The molecule has 5 heteroatoms. The first-order valence-electron chi connectivity index (χ1n) is 6.63. The molecule has 1 rings (SSSR count). The highest BCUT2D eigenvalue weighted by Gasteiger charge is 2.48. The monoisotopic (exact) mass is 256 g/mol. The van der Waals surface area contributed by atoms with E-state index in [9.17, 15) is 14.7 Å². The van der Waals surface area contributed by atoms with Gasteiger partial charge in [-0.05, 0) is 18.8 Å². The van der Waals surface area contributed by atoms with Crippen molar-refractivity contribution in [2.24, 2.45) is 17.1 Å². The number of likely N-dealkylation sites (tertiary alicyclic amines) is 1. The number of carboxylic acid groups (broad SMARTS) is 1. The van der Waals surface area contributed by atoms with Crippen molar-refractivity contribution in [1.29, 1.82) is 0 Å². The second-order valence-corrected chi connectivity index (χ2v) is 5.52. The second kappa shape index (κ2) is 5.69. The maximum absolute atomic E-state index is 12.1. The predicted molar refractivity (Wildman–Crippen MR) is 69.0 cm³/mol. The molecular weight excluding hydrogens is 232 g/mol. The minimum absolute atomic E-state index is 0.00944. The van der Waals surface area contributed by atoms with E-state index in [4.69, 9.17) is 5.73 Å². The van der Waals surface area contributed by atoms with Gasteiger partial charge in [-0.2, -0.15) is 0 Å². The van der Waals surface area contributed by atoms with E-state index in [0.717, 1.165) is 6.42 Å². The van der Waals surface area contributed by atoms with E-state index in [1.165, 1.54) is 0 Å². The number of nitrogens with zero attached hydrogens (tertiary/aromatic N) is 1. The van der Waals surface area contributed by atoms with Crippen LogP contribution in [0.1, 0.15) is 40.0 Å². The highest BCUT2D eigenvalue weighted by Crippen LogP contribution is 2.38.